The molecule has 0 spiro atoms. The molecule has 1 aromatic heterocycles. The fraction of sp³-hybridized carbons (Fsp3) is 0.214. The maximum absolute atomic E-state index is 8.91. The first kappa shape index (κ1) is 12.7. The van der Waals surface area contributed by atoms with Crippen LogP contribution in [0, 0.1) is 11.3 Å². The molecule has 0 saturated heterocycles. The van der Waals surface area contributed by atoms with Gasteiger partial charge in [0.2, 0.25) is 0 Å². The van der Waals surface area contributed by atoms with Crippen LogP contribution in [-0.4, -0.2) is 9.97 Å². The highest BCUT2D eigenvalue weighted by molar-refractivity contribution is 9.10. The molecule has 1 aromatic carbocycles. The highest BCUT2D eigenvalue weighted by Gasteiger charge is 2.08. The molecular formula is C14H12BrN3. The minimum Gasteiger partial charge on any atom is -0.233 e. The third kappa shape index (κ3) is 2.74. The first-order valence-corrected chi connectivity index (χ1v) is 6.44. The number of rotatable bonds is 2. The van der Waals surface area contributed by atoms with Crippen LogP contribution in [0.5, 0.6) is 0 Å². The Kier molecular flexibility index (Phi) is 3.73. The van der Waals surface area contributed by atoms with Gasteiger partial charge in [-0.2, -0.15) is 5.26 Å². The van der Waals surface area contributed by atoms with E-state index < -0.39 is 0 Å². The molecule has 0 aliphatic heterocycles. The first-order chi connectivity index (χ1) is 8.60. The Bertz CT molecular complexity index is 615. The van der Waals surface area contributed by atoms with Gasteiger partial charge in [0.15, 0.2) is 0 Å². The Morgan fingerprint density at radius 2 is 2.00 bits per heavy atom. The molecule has 18 heavy (non-hydrogen) atoms. The van der Waals surface area contributed by atoms with Crippen molar-refractivity contribution in [3.05, 3.63) is 46.3 Å². The van der Waals surface area contributed by atoms with Crippen LogP contribution in [0.1, 0.15) is 31.2 Å². The monoisotopic (exact) mass is 301 g/mol. The minimum atomic E-state index is 0.264. The number of halogens is 1. The predicted molar refractivity (Wildman–Crippen MR) is 74.0 cm³/mol. The third-order valence-corrected chi connectivity index (χ3v) is 2.92. The van der Waals surface area contributed by atoms with Gasteiger partial charge in [-0.25, -0.2) is 9.97 Å². The SMILES string of the molecule is CC(C)c1nc(Br)cc(-c2cccc(C#N)c2)n1. The van der Waals surface area contributed by atoms with Gasteiger partial charge in [0.25, 0.3) is 0 Å². The maximum atomic E-state index is 8.91. The van der Waals surface area contributed by atoms with Crippen molar-refractivity contribution in [3.63, 3.8) is 0 Å². The van der Waals surface area contributed by atoms with Crippen molar-refractivity contribution in [1.29, 1.82) is 5.26 Å². The van der Waals surface area contributed by atoms with E-state index in [9.17, 15) is 0 Å². The summed E-state index contributed by atoms with van der Waals surface area (Å²) in [6.45, 7) is 4.11. The fourth-order valence-electron chi connectivity index (χ4n) is 1.59. The molecule has 0 aliphatic carbocycles. The van der Waals surface area contributed by atoms with Crippen molar-refractivity contribution >= 4 is 15.9 Å². The van der Waals surface area contributed by atoms with Gasteiger partial charge in [-0.3, -0.25) is 0 Å². The average Bonchev–Trinajstić information content (AvgIpc) is 2.38. The molecule has 0 bridgehead atoms. The fourth-order valence-corrected chi connectivity index (χ4v) is 1.99. The molecule has 0 aliphatic rings. The van der Waals surface area contributed by atoms with E-state index in [0.29, 0.717) is 5.56 Å². The van der Waals surface area contributed by atoms with Crippen LogP contribution in [0.15, 0.2) is 34.9 Å². The van der Waals surface area contributed by atoms with Crippen molar-refractivity contribution in [2.24, 2.45) is 0 Å². The number of nitrogens with zero attached hydrogens (tertiary/aromatic N) is 3. The molecule has 0 atom stereocenters. The van der Waals surface area contributed by atoms with Gasteiger partial charge in [0.1, 0.15) is 10.4 Å². The van der Waals surface area contributed by atoms with Crippen LogP contribution in [0.2, 0.25) is 0 Å². The molecular weight excluding hydrogens is 290 g/mol. The first-order valence-electron chi connectivity index (χ1n) is 5.65. The van der Waals surface area contributed by atoms with E-state index >= 15 is 0 Å². The Hall–Kier alpha value is -1.73. The average molecular weight is 302 g/mol. The van der Waals surface area contributed by atoms with Crippen molar-refractivity contribution in [2.45, 2.75) is 19.8 Å². The summed E-state index contributed by atoms with van der Waals surface area (Å²) in [5.74, 6) is 1.06. The second kappa shape index (κ2) is 5.28. The lowest BCUT2D eigenvalue weighted by Gasteiger charge is -2.07. The molecule has 1 heterocycles. The summed E-state index contributed by atoms with van der Waals surface area (Å²) >= 11 is 3.40. The van der Waals surface area contributed by atoms with E-state index in [1.54, 1.807) is 6.07 Å². The van der Waals surface area contributed by atoms with Crippen LogP contribution in [-0.2, 0) is 0 Å². The predicted octanol–water partition coefficient (Wildman–Crippen LogP) is 3.90. The molecule has 4 heteroatoms. The van der Waals surface area contributed by atoms with E-state index in [2.05, 4.69) is 45.8 Å². The summed E-state index contributed by atoms with van der Waals surface area (Å²) in [5, 5.41) is 8.91. The number of hydrogen-bond donors (Lipinski definition) is 0. The summed E-state index contributed by atoms with van der Waals surface area (Å²) in [6.07, 6.45) is 0. The van der Waals surface area contributed by atoms with Crippen LogP contribution in [0.25, 0.3) is 11.3 Å². The second-order valence-electron chi connectivity index (χ2n) is 4.28. The van der Waals surface area contributed by atoms with E-state index in [1.165, 1.54) is 0 Å². The normalized spacial score (nSPS) is 10.4. The Morgan fingerprint density at radius 3 is 2.67 bits per heavy atom. The molecule has 2 aromatic rings. The second-order valence-corrected chi connectivity index (χ2v) is 5.09. The number of hydrogen-bond acceptors (Lipinski definition) is 3. The molecule has 0 unspecified atom stereocenters. The Labute approximate surface area is 115 Å². The van der Waals surface area contributed by atoms with Gasteiger partial charge in [0.05, 0.1) is 17.3 Å². The van der Waals surface area contributed by atoms with Crippen molar-refractivity contribution < 1.29 is 0 Å². The summed E-state index contributed by atoms with van der Waals surface area (Å²) in [5.41, 5.74) is 2.39. The van der Waals surface area contributed by atoms with Gasteiger partial charge in [-0.15, -0.1) is 0 Å². The lowest BCUT2D eigenvalue weighted by Crippen LogP contribution is -1.99. The van der Waals surface area contributed by atoms with Crippen LogP contribution in [0.3, 0.4) is 0 Å². The zero-order chi connectivity index (χ0) is 13.1. The van der Waals surface area contributed by atoms with Gasteiger partial charge < -0.3 is 0 Å². The molecule has 0 radical (unpaired) electrons. The van der Waals surface area contributed by atoms with Crippen molar-refractivity contribution in [2.75, 3.05) is 0 Å². The maximum Gasteiger partial charge on any atom is 0.132 e. The zero-order valence-corrected chi connectivity index (χ0v) is 11.8. The standard InChI is InChI=1S/C14H12BrN3/c1-9(2)14-17-12(7-13(15)18-14)11-5-3-4-10(6-11)8-16/h3-7,9H,1-2H3. The van der Waals surface area contributed by atoms with Crippen molar-refractivity contribution in [3.8, 4) is 17.3 Å². The molecule has 2 rings (SSSR count). The zero-order valence-electron chi connectivity index (χ0n) is 10.2. The minimum absolute atomic E-state index is 0.264. The van der Waals surface area contributed by atoms with Crippen LogP contribution >= 0.6 is 15.9 Å². The summed E-state index contributed by atoms with van der Waals surface area (Å²) in [7, 11) is 0. The van der Waals surface area contributed by atoms with Crippen LogP contribution < -0.4 is 0 Å². The van der Waals surface area contributed by atoms with Gasteiger partial charge >= 0.3 is 0 Å². The van der Waals surface area contributed by atoms with E-state index in [4.69, 9.17) is 5.26 Å². The Balaban J connectivity index is 2.53. The van der Waals surface area contributed by atoms with Crippen LogP contribution in [0.4, 0.5) is 0 Å². The molecule has 0 N–H and O–H groups in total. The van der Waals surface area contributed by atoms with E-state index in [-0.39, 0.29) is 5.92 Å². The molecule has 3 nitrogen and oxygen atoms in total. The van der Waals surface area contributed by atoms with Gasteiger partial charge in [-0.1, -0.05) is 26.0 Å². The number of aromatic nitrogens is 2. The number of nitriles is 1. The van der Waals surface area contributed by atoms with E-state index in [0.717, 1.165) is 21.7 Å². The van der Waals surface area contributed by atoms with Gasteiger partial charge in [0, 0.05) is 11.5 Å². The topological polar surface area (TPSA) is 49.6 Å². The summed E-state index contributed by atoms with van der Waals surface area (Å²) < 4.78 is 0.763. The lowest BCUT2D eigenvalue weighted by molar-refractivity contribution is 0.771. The quantitative estimate of drug-likeness (QED) is 0.790. The highest BCUT2D eigenvalue weighted by Crippen LogP contribution is 2.23. The Morgan fingerprint density at radius 1 is 1.22 bits per heavy atom. The largest absolute Gasteiger partial charge is 0.233 e. The van der Waals surface area contributed by atoms with E-state index in [1.807, 2.05) is 24.3 Å². The third-order valence-electron chi connectivity index (χ3n) is 2.52. The molecule has 0 fully saturated rings. The lowest BCUT2D eigenvalue weighted by atomic mass is 10.1. The van der Waals surface area contributed by atoms with Crippen molar-refractivity contribution in [1.82, 2.24) is 9.97 Å². The molecule has 90 valence electrons. The van der Waals surface area contributed by atoms with Gasteiger partial charge in [-0.05, 0) is 34.1 Å². The smallest absolute Gasteiger partial charge is 0.132 e. The molecule has 0 saturated carbocycles. The number of benzene rings is 1. The highest BCUT2D eigenvalue weighted by atomic mass is 79.9. The summed E-state index contributed by atoms with van der Waals surface area (Å²) in [4.78, 5) is 8.87. The molecule has 0 amide bonds. The summed E-state index contributed by atoms with van der Waals surface area (Å²) in [6, 6.07) is 11.4.